The Hall–Kier alpha value is -1.06. The number of hydrogen-bond donors (Lipinski definition) is 2. The minimum absolute atomic E-state index is 0.103. The lowest BCUT2D eigenvalue weighted by Crippen LogP contribution is -2.50. The average molecular weight is 182 g/mol. The number of carbonyl (C=O) groups is 1. The van der Waals surface area contributed by atoms with Crippen LogP contribution in [0.15, 0.2) is 0 Å². The number of piperidine rings is 1. The molecule has 0 atom stereocenters. The second-order valence-corrected chi connectivity index (χ2v) is 4.03. The van der Waals surface area contributed by atoms with Crippen molar-refractivity contribution in [2.24, 2.45) is 5.41 Å². The van der Waals surface area contributed by atoms with E-state index in [9.17, 15) is 4.79 Å². The Bertz CT molecular complexity index is 254. The molecule has 1 heterocycles. The van der Waals surface area contributed by atoms with Gasteiger partial charge in [-0.1, -0.05) is 0 Å². The fourth-order valence-electron chi connectivity index (χ4n) is 2.28. The summed E-state index contributed by atoms with van der Waals surface area (Å²) in [4.78, 5) is 12.1. The van der Waals surface area contributed by atoms with Crippen LogP contribution in [0.3, 0.4) is 0 Å². The Kier molecular flexibility index (Phi) is 1.78. The molecule has 0 radical (unpaired) electrons. The summed E-state index contributed by atoms with van der Waals surface area (Å²) in [6, 6.07) is 0. The quantitative estimate of drug-likeness (QED) is 0.597. The van der Waals surface area contributed by atoms with Crippen molar-refractivity contribution < 1.29 is 9.90 Å². The Labute approximate surface area is 77.0 Å². The molecule has 0 bridgehead atoms. The lowest BCUT2D eigenvalue weighted by Gasteiger charge is -2.47. The van der Waals surface area contributed by atoms with Gasteiger partial charge in [-0.3, -0.25) is 0 Å². The van der Waals surface area contributed by atoms with E-state index < -0.39 is 6.09 Å². The summed E-state index contributed by atoms with van der Waals surface area (Å²) in [5.41, 5.74) is 0.948. The van der Waals surface area contributed by atoms with Crippen LogP contribution in [0.1, 0.15) is 25.7 Å². The van der Waals surface area contributed by atoms with E-state index in [1.165, 1.54) is 4.90 Å². The molecular formula is C9H14N2O2. The Morgan fingerprint density at radius 1 is 1.38 bits per heavy atom. The minimum Gasteiger partial charge on any atom is -0.465 e. The molecule has 13 heavy (non-hydrogen) atoms. The highest BCUT2D eigenvalue weighted by Gasteiger charge is 2.45. The Morgan fingerprint density at radius 3 is 2.31 bits per heavy atom. The van der Waals surface area contributed by atoms with Crippen LogP contribution in [-0.4, -0.2) is 34.9 Å². The third-order valence-electron chi connectivity index (χ3n) is 3.48. The molecule has 0 unspecified atom stereocenters. The van der Waals surface area contributed by atoms with Gasteiger partial charge in [0.2, 0.25) is 0 Å². The first kappa shape index (κ1) is 8.53. The zero-order valence-electron chi connectivity index (χ0n) is 7.55. The van der Waals surface area contributed by atoms with Gasteiger partial charge < -0.3 is 15.4 Å². The number of amides is 1. The predicted molar refractivity (Wildman–Crippen MR) is 48.2 cm³/mol. The lowest BCUT2D eigenvalue weighted by atomic mass is 9.61. The van der Waals surface area contributed by atoms with E-state index in [0.717, 1.165) is 31.4 Å². The van der Waals surface area contributed by atoms with Crippen LogP contribution in [0.5, 0.6) is 0 Å². The van der Waals surface area contributed by atoms with Crippen LogP contribution in [0.4, 0.5) is 4.79 Å². The molecule has 0 aromatic carbocycles. The largest absolute Gasteiger partial charge is 0.465 e. The van der Waals surface area contributed by atoms with E-state index in [-0.39, 0.29) is 5.41 Å². The van der Waals surface area contributed by atoms with Crippen LogP contribution in [0.25, 0.3) is 0 Å². The van der Waals surface area contributed by atoms with Crippen molar-refractivity contribution in [3.8, 4) is 0 Å². The molecule has 0 aromatic heterocycles. The van der Waals surface area contributed by atoms with Crippen LogP contribution >= 0.6 is 0 Å². The van der Waals surface area contributed by atoms with Gasteiger partial charge in [-0.15, -0.1) is 0 Å². The molecule has 1 aliphatic carbocycles. The molecule has 1 saturated carbocycles. The summed E-state index contributed by atoms with van der Waals surface area (Å²) in [5.74, 6) is 0. The van der Waals surface area contributed by atoms with E-state index in [1.54, 1.807) is 0 Å². The predicted octanol–water partition coefficient (Wildman–Crippen LogP) is 1.56. The molecule has 0 aromatic rings. The van der Waals surface area contributed by atoms with Crippen LogP contribution in [0.2, 0.25) is 0 Å². The van der Waals surface area contributed by atoms with Crippen molar-refractivity contribution in [3.05, 3.63) is 0 Å². The van der Waals surface area contributed by atoms with Crippen LogP contribution < -0.4 is 0 Å². The zero-order valence-corrected chi connectivity index (χ0v) is 7.55. The number of rotatable bonds is 0. The van der Waals surface area contributed by atoms with Crippen molar-refractivity contribution >= 4 is 11.8 Å². The normalized spacial score (nSPS) is 25.8. The van der Waals surface area contributed by atoms with Gasteiger partial charge >= 0.3 is 6.09 Å². The summed E-state index contributed by atoms with van der Waals surface area (Å²) < 4.78 is 0. The minimum atomic E-state index is -0.819. The molecule has 1 spiro atoms. The summed E-state index contributed by atoms with van der Waals surface area (Å²) in [7, 11) is 0. The summed E-state index contributed by atoms with van der Waals surface area (Å²) in [6.07, 6.45) is 2.92. The van der Waals surface area contributed by atoms with E-state index in [2.05, 4.69) is 0 Å². The summed E-state index contributed by atoms with van der Waals surface area (Å²) in [6.45, 7) is 1.22. The summed E-state index contributed by atoms with van der Waals surface area (Å²) >= 11 is 0. The van der Waals surface area contributed by atoms with Crippen molar-refractivity contribution in [2.75, 3.05) is 13.1 Å². The summed E-state index contributed by atoms with van der Waals surface area (Å²) in [5, 5.41) is 16.4. The van der Waals surface area contributed by atoms with E-state index in [4.69, 9.17) is 10.5 Å². The third kappa shape index (κ3) is 1.20. The van der Waals surface area contributed by atoms with Crippen LogP contribution in [0, 0.1) is 10.8 Å². The number of nitrogens with one attached hydrogen (secondary N) is 1. The van der Waals surface area contributed by atoms with Crippen molar-refractivity contribution in [3.63, 3.8) is 0 Å². The fraction of sp³-hybridized carbons (Fsp3) is 0.778. The molecule has 72 valence electrons. The SMILES string of the molecule is N=C1CCC12CCN(C(=O)O)CC2. The highest BCUT2D eigenvalue weighted by molar-refractivity contribution is 5.93. The van der Waals surface area contributed by atoms with Crippen molar-refractivity contribution in [2.45, 2.75) is 25.7 Å². The molecule has 2 fully saturated rings. The molecule has 4 heteroatoms. The topological polar surface area (TPSA) is 64.4 Å². The maximum Gasteiger partial charge on any atom is 0.407 e. The van der Waals surface area contributed by atoms with E-state index in [0.29, 0.717) is 13.1 Å². The first-order valence-electron chi connectivity index (χ1n) is 4.70. The maximum absolute atomic E-state index is 10.6. The standard InChI is InChI=1S/C9H14N2O2/c10-7-1-2-9(7)3-5-11(6-4-9)8(12)13/h10H,1-6H2,(H,12,13). The van der Waals surface area contributed by atoms with Gasteiger partial charge in [0.1, 0.15) is 0 Å². The highest BCUT2D eigenvalue weighted by atomic mass is 16.4. The smallest absolute Gasteiger partial charge is 0.407 e. The monoisotopic (exact) mass is 182 g/mol. The van der Waals surface area contributed by atoms with Crippen LogP contribution in [-0.2, 0) is 0 Å². The van der Waals surface area contributed by atoms with E-state index in [1.807, 2.05) is 0 Å². The van der Waals surface area contributed by atoms with Gasteiger partial charge in [-0.05, 0) is 25.7 Å². The number of nitrogens with zero attached hydrogens (tertiary/aromatic N) is 1. The Balaban J connectivity index is 1.96. The molecule has 2 rings (SSSR count). The molecule has 4 nitrogen and oxygen atoms in total. The molecular weight excluding hydrogens is 168 g/mol. The number of likely N-dealkylation sites (tertiary alicyclic amines) is 1. The molecule has 2 aliphatic rings. The molecule has 2 N–H and O–H groups in total. The first-order valence-corrected chi connectivity index (χ1v) is 4.70. The highest BCUT2D eigenvalue weighted by Crippen LogP contribution is 2.45. The first-order chi connectivity index (χ1) is 6.14. The zero-order chi connectivity index (χ0) is 9.47. The second-order valence-electron chi connectivity index (χ2n) is 4.03. The lowest BCUT2D eigenvalue weighted by molar-refractivity contribution is 0.102. The van der Waals surface area contributed by atoms with Gasteiger partial charge in [0.15, 0.2) is 0 Å². The number of hydrogen-bond acceptors (Lipinski definition) is 2. The van der Waals surface area contributed by atoms with E-state index >= 15 is 0 Å². The van der Waals surface area contributed by atoms with Crippen molar-refractivity contribution in [1.29, 1.82) is 5.41 Å². The van der Waals surface area contributed by atoms with Gasteiger partial charge in [0.25, 0.3) is 0 Å². The third-order valence-corrected chi connectivity index (χ3v) is 3.48. The van der Waals surface area contributed by atoms with Gasteiger partial charge in [-0.25, -0.2) is 4.79 Å². The second kappa shape index (κ2) is 2.72. The molecule has 1 amide bonds. The molecule has 1 saturated heterocycles. The fourth-order valence-corrected chi connectivity index (χ4v) is 2.28. The van der Waals surface area contributed by atoms with Gasteiger partial charge in [-0.2, -0.15) is 0 Å². The van der Waals surface area contributed by atoms with Gasteiger partial charge in [0, 0.05) is 24.2 Å². The van der Waals surface area contributed by atoms with Crippen molar-refractivity contribution in [1.82, 2.24) is 4.90 Å². The number of carboxylic acid groups (broad SMARTS) is 1. The molecule has 1 aliphatic heterocycles. The Morgan fingerprint density at radius 2 is 2.00 bits per heavy atom. The average Bonchev–Trinajstić information content (AvgIpc) is 2.15. The van der Waals surface area contributed by atoms with Gasteiger partial charge in [0.05, 0.1) is 0 Å². The maximum atomic E-state index is 10.6.